The molecule has 0 saturated heterocycles. The molecule has 0 fully saturated rings. The molecule has 0 saturated carbocycles. The molecule has 0 spiro atoms. The first-order valence-corrected chi connectivity index (χ1v) is 8.15. The normalized spacial score (nSPS) is 13.0. The summed E-state index contributed by atoms with van der Waals surface area (Å²) in [4.78, 5) is 11.0. The monoisotopic (exact) mass is 362 g/mol. The Bertz CT molecular complexity index is 699. The van der Waals surface area contributed by atoms with E-state index in [1.807, 2.05) is 0 Å². The van der Waals surface area contributed by atoms with Crippen LogP contribution in [0.15, 0.2) is 48.5 Å². The largest absolute Gasteiger partial charge is 0.491 e. The van der Waals surface area contributed by atoms with Crippen molar-refractivity contribution in [3.63, 3.8) is 0 Å². The van der Waals surface area contributed by atoms with Gasteiger partial charge in [0.1, 0.15) is 24.2 Å². The third-order valence-corrected chi connectivity index (χ3v) is 3.51. The zero-order valence-corrected chi connectivity index (χ0v) is 14.4. The van der Waals surface area contributed by atoms with Crippen molar-refractivity contribution in [1.82, 2.24) is 0 Å². The maximum Gasteiger partial charge on any atom is 0.373 e. The summed E-state index contributed by atoms with van der Waals surface area (Å²) < 4.78 is 15.8. The molecule has 0 unspecified atom stereocenters. The van der Waals surface area contributed by atoms with Gasteiger partial charge in [-0.15, -0.1) is 0 Å². The summed E-state index contributed by atoms with van der Waals surface area (Å²) in [6.45, 7) is 1.83. The highest BCUT2D eigenvalue weighted by atomic mass is 16.7. The third kappa shape index (κ3) is 5.73. The van der Waals surface area contributed by atoms with E-state index in [9.17, 15) is 9.90 Å². The molecule has 2 atom stereocenters. The molecule has 0 bridgehead atoms. The van der Waals surface area contributed by atoms with Crippen LogP contribution >= 0.6 is 0 Å². The summed E-state index contributed by atoms with van der Waals surface area (Å²) in [7, 11) is 0. The van der Waals surface area contributed by atoms with Crippen molar-refractivity contribution >= 4 is 5.97 Å². The predicted molar refractivity (Wildman–Crippen MR) is 92.9 cm³/mol. The topological polar surface area (TPSA) is 105 Å². The molecule has 0 amide bonds. The Morgan fingerprint density at radius 1 is 1.12 bits per heavy atom. The first kappa shape index (κ1) is 19.7. The molecule has 2 rings (SSSR count). The maximum atomic E-state index is 11.0. The number of carbonyl (C=O) groups is 1. The quantitative estimate of drug-likeness (QED) is 0.556. The van der Waals surface area contributed by atoms with Crippen LogP contribution in [0.4, 0.5) is 0 Å². The fraction of sp³-hybridized carbons (Fsp3) is 0.316. The second kappa shape index (κ2) is 9.76. The zero-order chi connectivity index (χ0) is 18.9. The third-order valence-electron chi connectivity index (χ3n) is 3.51. The van der Waals surface area contributed by atoms with Gasteiger partial charge in [-0.1, -0.05) is 24.3 Å². The van der Waals surface area contributed by atoms with Crippen LogP contribution in [-0.2, 0) is 16.1 Å². The van der Waals surface area contributed by atoms with Crippen molar-refractivity contribution in [3.8, 4) is 11.5 Å². The summed E-state index contributed by atoms with van der Waals surface area (Å²) in [5.74, 6) is -0.382. The highest BCUT2D eigenvalue weighted by Crippen LogP contribution is 2.21. The van der Waals surface area contributed by atoms with E-state index in [4.69, 9.17) is 24.4 Å². The van der Waals surface area contributed by atoms with Crippen molar-refractivity contribution in [1.29, 1.82) is 0 Å². The molecule has 3 N–H and O–H groups in total. The number of ether oxygens (including phenoxy) is 3. The lowest BCUT2D eigenvalue weighted by atomic mass is 10.1. The van der Waals surface area contributed by atoms with Gasteiger partial charge >= 0.3 is 5.97 Å². The number of aliphatic hydroxyl groups is 2. The summed E-state index contributed by atoms with van der Waals surface area (Å²) in [6, 6.07) is 13.3. The van der Waals surface area contributed by atoms with Gasteiger partial charge in [-0.2, -0.15) is 0 Å². The van der Waals surface area contributed by atoms with Gasteiger partial charge < -0.3 is 29.5 Å². The molecule has 0 aliphatic heterocycles. The minimum absolute atomic E-state index is 0.0335. The lowest BCUT2D eigenvalue weighted by Gasteiger charge is -2.16. The molecule has 0 aliphatic carbocycles. The number of aliphatic carboxylic acids is 1. The Morgan fingerprint density at radius 3 is 2.42 bits per heavy atom. The van der Waals surface area contributed by atoms with Crippen molar-refractivity contribution in [3.05, 3.63) is 59.7 Å². The van der Waals surface area contributed by atoms with Crippen molar-refractivity contribution in [2.45, 2.75) is 25.9 Å². The summed E-state index contributed by atoms with van der Waals surface area (Å²) in [5, 5.41) is 28.3. The highest BCUT2D eigenvalue weighted by molar-refractivity contribution is 5.71. The molecule has 7 nitrogen and oxygen atoms in total. The number of carboxylic acid groups (broad SMARTS) is 1. The molecule has 7 heteroatoms. The molecule has 140 valence electrons. The number of hydrogen-bond acceptors (Lipinski definition) is 6. The van der Waals surface area contributed by atoms with E-state index >= 15 is 0 Å². The van der Waals surface area contributed by atoms with Gasteiger partial charge in [0.05, 0.1) is 6.61 Å². The van der Waals surface area contributed by atoms with E-state index in [0.717, 1.165) is 0 Å². The van der Waals surface area contributed by atoms with Crippen LogP contribution < -0.4 is 9.47 Å². The van der Waals surface area contributed by atoms with Crippen LogP contribution in [0.25, 0.3) is 0 Å². The molecular weight excluding hydrogens is 340 g/mol. The summed E-state index contributed by atoms with van der Waals surface area (Å²) in [6.07, 6.45) is -2.21. The highest BCUT2D eigenvalue weighted by Gasteiger charge is 2.19. The van der Waals surface area contributed by atoms with Crippen LogP contribution in [0, 0.1) is 0 Å². The average Bonchev–Trinajstić information content (AvgIpc) is 2.66. The van der Waals surface area contributed by atoms with Crippen molar-refractivity contribution < 1.29 is 34.3 Å². The molecule has 2 aromatic rings. The average molecular weight is 362 g/mol. The van der Waals surface area contributed by atoms with Gasteiger partial charge in [0.25, 0.3) is 6.29 Å². The Hall–Kier alpha value is -2.61. The molecule has 0 aromatic heterocycles. The van der Waals surface area contributed by atoms with E-state index in [1.165, 1.54) is 0 Å². The van der Waals surface area contributed by atoms with E-state index in [1.54, 1.807) is 55.5 Å². The number of rotatable bonds is 10. The van der Waals surface area contributed by atoms with Crippen LogP contribution in [0.3, 0.4) is 0 Å². The van der Waals surface area contributed by atoms with Crippen LogP contribution in [0.5, 0.6) is 11.5 Å². The lowest BCUT2D eigenvalue weighted by molar-refractivity contribution is -0.170. The smallest absolute Gasteiger partial charge is 0.373 e. The van der Waals surface area contributed by atoms with Gasteiger partial charge in [0.2, 0.25) is 0 Å². The fourth-order valence-corrected chi connectivity index (χ4v) is 2.22. The molecule has 26 heavy (non-hydrogen) atoms. The maximum absolute atomic E-state index is 11.0. The Balaban J connectivity index is 1.91. The summed E-state index contributed by atoms with van der Waals surface area (Å²) in [5.41, 5.74) is 1.36. The first-order valence-electron chi connectivity index (χ1n) is 8.15. The van der Waals surface area contributed by atoms with Crippen molar-refractivity contribution in [2.24, 2.45) is 0 Å². The minimum atomic E-state index is -1.37. The van der Waals surface area contributed by atoms with E-state index in [-0.39, 0.29) is 19.8 Å². The molecule has 0 aliphatic rings. The lowest BCUT2D eigenvalue weighted by Crippen LogP contribution is -2.30. The SMILES string of the molecule is CCO[C@H](Oc1ccc(OC[C@@H](O)c2cccc(CO)c2)cc1)C(=O)O. The van der Waals surface area contributed by atoms with Gasteiger partial charge in [-0.05, 0) is 42.3 Å². The number of benzene rings is 2. The fourth-order valence-electron chi connectivity index (χ4n) is 2.22. The van der Waals surface area contributed by atoms with Gasteiger partial charge in [-0.3, -0.25) is 0 Å². The first-order chi connectivity index (χ1) is 12.5. The van der Waals surface area contributed by atoms with Gasteiger partial charge in [-0.25, -0.2) is 4.79 Å². The Kier molecular flexibility index (Phi) is 7.40. The molecule has 0 radical (unpaired) electrons. The van der Waals surface area contributed by atoms with Crippen LogP contribution in [-0.4, -0.2) is 40.8 Å². The molecule has 0 heterocycles. The van der Waals surface area contributed by atoms with Crippen LogP contribution in [0.2, 0.25) is 0 Å². The zero-order valence-electron chi connectivity index (χ0n) is 14.4. The minimum Gasteiger partial charge on any atom is -0.491 e. The van der Waals surface area contributed by atoms with E-state index in [2.05, 4.69) is 0 Å². The van der Waals surface area contributed by atoms with E-state index in [0.29, 0.717) is 22.6 Å². The Morgan fingerprint density at radius 2 is 1.81 bits per heavy atom. The summed E-state index contributed by atoms with van der Waals surface area (Å²) >= 11 is 0. The standard InChI is InChI=1S/C19H22O7/c1-2-24-19(18(22)23)26-16-8-6-15(7-9-16)25-12-17(21)14-5-3-4-13(10-14)11-20/h3-10,17,19-21H,2,11-12H2,1H3,(H,22,23)/t17-,19-/m1/s1. The van der Waals surface area contributed by atoms with Crippen LogP contribution in [0.1, 0.15) is 24.2 Å². The number of carboxylic acids is 1. The predicted octanol–water partition coefficient (Wildman–Crippen LogP) is 2.12. The van der Waals surface area contributed by atoms with Gasteiger partial charge in [0.15, 0.2) is 0 Å². The molecule has 2 aromatic carbocycles. The Labute approximate surface area is 151 Å². The second-order valence-electron chi connectivity index (χ2n) is 5.44. The number of hydrogen-bond donors (Lipinski definition) is 3. The van der Waals surface area contributed by atoms with Crippen molar-refractivity contribution in [2.75, 3.05) is 13.2 Å². The second-order valence-corrected chi connectivity index (χ2v) is 5.44. The number of aliphatic hydroxyl groups excluding tert-OH is 2. The van der Waals surface area contributed by atoms with E-state index < -0.39 is 18.4 Å². The van der Waals surface area contributed by atoms with Gasteiger partial charge in [0, 0.05) is 6.61 Å². The molecular formula is C19H22O7.